The minimum atomic E-state index is -2.07. The fraction of sp³-hybridized carbons (Fsp3) is 0.143. The number of ether oxygens (including phenoxy) is 3. The Morgan fingerprint density at radius 1 is 0.491 bits per heavy atom. The quantitative estimate of drug-likeness (QED) is 0.148. The molecule has 1 aliphatic rings. The molecule has 2 heterocycles. The van der Waals surface area contributed by atoms with Gasteiger partial charge in [0.05, 0.1) is 14.2 Å². The molecule has 53 heavy (non-hydrogen) atoms. The highest BCUT2D eigenvalue weighted by Gasteiger charge is 2.32. The van der Waals surface area contributed by atoms with Crippen molar-refractivity contribution in [2.75, 3.05) is 14.2 Å². The Bertz CT molecular complexity index is 2440. The molecule has 0 bridgehead atoms. The summed E-state index contributed by atoms with van der Waals surface area (Å²) in [4.78, 5) is 0. The summed E-state index contributed by atoms with van der Waals surface area (Å²) in [6.07, 6.45) is 0. The first kappa shape index (κ1) is 34.3. The molecule has 0 saturated carbocycles. The van der Waals surface area contributed by atoms with Crippen molar-refractivity contribution < 1.29 is 40.7 Å². The van der Waals surface area contributed by atoms with E-state index in [0.29, 0.717) is 57.2 Å². The highest BCUT2D eigenvalue weighted by molar-refractivity contribution is 7.43. The summed E-state index contributed by atoms with van der Waals surface area (Å²) in [6.45, 7) is 7.91. The third kappa shape index (κ3) is 6.48. The van der Waals surface area contributed by atoms with Crippen LogP contribution in [0.25, 0.3) is 33.1 Å². The molecule has 0 fully saturated rings. The Kier molecular flexibility index (Phi) is 9.30. The molecule has 268 valence electrons. The average molecular weight is 747 g/mol. The standard InChI is InChI=1S/C42H36O9P2/c1-25-23-37(43-5)27(3)39(41(25)50-52-46-31-17-9-7-15-29(31)30-16-8-10-18-32(30)47-52)40-28(4)38(44-6)24-26(2)42(40)51-53-48-35-21-13-11-19-33(35)45-34-20-12-14-22-36(34)49-53/h7-24H,1-6H3. The number of methoxy groups -OCH3 is 2. The van der Waals surface area contributed by atoms with Gasteiger partial charge in [-0.15, -0.1) is 0 Å². The van der Waals surface area contributed by atoms with E-state index in [1.54, 1.807) is 14.2 Å². The summed E-state index contributed by atoms with van der Waals surface area (Å²) in [5.41, 5.74) is 5.99. The first-order valence-corrected chi connectivity index (χ1v) is 19.1. The summed E-state index contributed by atoms with van der Waals surface area (Å²) in [7, 11) is -0.754. The minimum absolute atomic E-state index is 0.487. The molecular weight excluding hydrogens is 710 g/mol. The smallest absolute Gasteiger partial charge is 0.496 e. The molecule has 6 aromatic carbocycles. The van der Waals surface area contributed by atoms with E-state index in [1.807, 2.05) is 137 Å². The number of hydrogen-bond acceptors (Lipinski definition) is 9. The molecular formula is C42H36O9P2. The van der Waals surface area contributed by atoms with Crippen molar-refractivity contribution >= 4 is 38.8 Å². The van der Waals surface area contributed by atoms with Gasteiger partial charge in [-0.3, -0.25) is 0 Å². The van der Waals surface area contributed by atoms with E-state index in [-0.39, 0.29) is 0 Å². The molecule has 7 aromatic rings. The Labute approximate surface area is 309 Å². The van der Waals surface area contributed by atoms with Crippen LogP contribution in [0.15, 0.2) is 118 Å². The van der Waals surface area contributed by atoms with E-state index in [4.69, 9.17) is 40.7 Å². The first-order valence-electron chi connectivity index (χ1n) is 16.9. The molecule has 1 aliphatic heterocycles. The molecule has 0 unspecified atom stereocenters. The van der Waals surface area contributed by atoms with Crippen LogP contribution in [0, 0.1) is 27.7 Å². The van der Waals surface area contributed by atoms with Gasteiger partial charge < -0.3 is 40.7 Å². The van der Waals surface area contributed by atoms with Crippen LogP contribution in [0.1, 0.15) is 22.3 Å². The molecule has 0 N–H and O–H groups in total. The van der Waals surface area contributed by atoms with Gasteiger partial charge in [-0.25, -0.2) is 0 Å². The maximum Gasteiger partial charge on any atom is 0.530 e. The number of hydrogen-bond donors (Lipinski definition) is 0. The number of rotatable bonds is 7. The predicted octanol–water partition coefficient (Wildman–Crippen LogP) is 12.9. The molecule has 0 atom stereocenters. The van der Waals surface area contributed by atoms with Crippen LogP contribution in [0.5, 0.6) is 46.0 Å². The molecule has 11 heteroatoms. The topological polar surface area (TPSA) is 90.9 Å². The molecule has 0 radical (unpaired) electrons. The van der Waals surface area contributed by atoms with Gasteiger partial charge in [-0.05, 0) is 87.4 Å². The van der Waals surface area contributed by atoms with Crippen molar-refractivity contribution in [1.82, 2.24) is 0 Å². The van der Waals surface area contributed by atoms with Gasteiger partial charge in [0.1, 0.15) is 34.2 Å². The Balaban J connectivity index is 1.33. The van der Waals surface area contributed by atoms with E-state index >= 15 is 0 Å². The van der Waals surface area contributed by atoms with Crippen molar-refractivity contribution in [3.8, 4) is 57.1 Å². The Morgan fingerprint density at radius 3 is 1.38 bits per heavy atom. The Hall–Kier alpha value is -5.75. The van der Waals surface area contributed by atoms with Crippen LogP contribution in [0.2, 0.25) is 0 Å². The zero-order valence-electron chi connectivity index (χ0n) is 30.0. The second-order valence-corrected chi connectivity index (χ2v) is 14.4. The van der Waals surface area contributed by atoms with Crippen LogP contribution in [-0.2, 0) is 0 Å². The lowest BCUT2D eigenvalue weighted by atomic mass is 9.90. The van der Waals surface area contributed by atoms with Crippen molar-refractivity contribution in [1.29, 1.82) is 0 Å². The van der Waals surface area contributed by atoms with Gasteiger partial charge in [0.2, 0.25) is 0 Å². The van der Waals surface area contributed by atoms with E-state index in [1.165, 1.54) is 0 Å². The van der Waals surface area contributed by atoms with Crippen LogP contribution in [0.4, 0.5) is 0 Å². The zero-order valence-corrected chi connectivity index (χ0v) is 31.7. The molecule has 0 aliphatic carbocycles. The highest BCUT2D eigenvalue weighted by atomic mass is 31.2. The average Bonchev–Trinajstić information content (AvgIpc) is 3.32. The van der Waals surface area contributed by atoms with Gasteiger partial charge in [-0.1, -0.05) is 60.7 Å². The maximum absolute atomic E-state index is 6.88. The molecule has 8 rings (SSSR count). The number of para-hydroxylation sites is 6. The van der Waals surface area contributed by atoms with Crippen molar-refractivity contribution in [2.24, 2.45) is 0 Å². The summed E-state index contributed by atoms with van der Waals surface area (Å²) in [6, 6.07) is 34.5. The van der Waals surface area contributed by atoms with Gasteiger partial charge in [0.25, 0.3) is 0 Å². The van der Waals surface area contributed by atoms with Crippen molar-refractivity contribution in [2.45, 2.75) is 27.7 Å². The van der Waals surface area contributed by atoms with Crippen LogP contribution >= 0.6 is 16.8 Å². The fourth-order valence-electron chi connectivity index (χ4n) is 6.44. The van der Waals surface area contributed by atoms with Gasteiger partial charge in [0, 0.05) is 33.0 Å². The van der Waals surface area contributed by atoms with Crippen LogP contribution in [-0.4, -0.2) is 14.2 Å². The fourth-order valence-corrected chi connectivity index (χ4v) is 8.70. The third-order valence-corrected chi connectivity index (χ3v) is 11.1. The van der Waals surface area contributed by atoms with Gasteiger partial charge in [-0.2, -0.15) is 0 Å². The molecule has 0 spiro atoms. The summed E-state index contributed by atoms with van der Waals surface area (Å²) in [5.74, 6) is 4.48. The minimum Gasteiger partial charge on any atom is -0.496 e. The molecule has 1 aromatic heterocycles. The number of fused-ring (bicyclic) bond motifs is 5. The zero-order chi connectivity index (χ0) is 36.6. The van der Waals surface area contributed by atoms with Gasteiger partial charge >= 0.3 is 16.8 Å². The van der Waals surface area contributed by atoms with E-state index < -0.39 is 16.8 Å². The number of benzene rings is 6. The predicted molar refractivity (Wildman–Crippen MR) is 208 cm³/mol. The van der Waals surface area contributed by atoms with E-state index in [0.717, 1.165) is 44.2 Å². The first-order chi connectivity index (χ1) is 25.8. The van der Waals surface area contributed by atoms with Crippen molar-refractivity contribution in [3.05, 3.63) is 131 Å². The second-order valence-electron chi connectivity index (χ2n) is 12.4. The van der Waals surface area contributed by atoms with E-state index in [2.05, 4.69) is 0 Å². The van der Waals surface area contributed by atoms with Crippen LogP contribution < -0.4 is 32.3 Å². The lowest BCUT2D eigenvalue weighted by molar-refractivity contribution is 0.346. The van der Waals surface area contributed by atoms with E-state index in [9.17, 15) is 0 Å². The molecule has 0 saturated heterocycles. The number of aryl methyl sites for hydroxylation is 2. The SMILES string of the molecule is COc1cc(C)c(OP2Oc3ccccc3Oc3ccccc3O2)c(-c2c(C)c(OC)cc(C)c2Op2oc3ccccc3c3ccccc3o2)c1C. The Morgan fingerprint density at radius 2 is 0.906 bits per heavy atom. The maximum atomic E-state index is 6.88. The largest absolute Gasteiger partial charge is 0.530 e. The highest BCUT2D eigenvalue weighted by Crippen LogP contribution is 2.56. The summed E-state index contributed by atoms with van der Waals surface area (Å²) < 4.78 is 57.7. The second kappa shape index (κ2) is 14.3. The lowest BCUT2D eigenvalue weighted by Crippen LogP contribution is -2.09. The van der Waals surface area contributed by atoms with Gasteiger partial charge in [0.15, 0.2) is 23.0 Å². The normalized spacial score (nSPS) is 12.3. The van der Waals surface area contributed by atoms with Crippen molar-refractivity contribution in [3.63, 3.8) is 0 Å². The summed E-state index contributed by atoms with van der Waals surface area (Å²) >= 11 is 0. The third-order valence-electron chi connectivity index (χ3n) is 9.05. The lowest BCUT2D eigenvalue weighted by Gasteiger charge is -2.27. The summed E-state index contributed by atoms with van der Waals surface area (Å²) in [5, 5.41) is 1.84. The monoisotopic (exact) mass is 746 g/mol. The molecule has 0 amide bonds. The molecule has 9 nitrogen and oxygen atoms in total. The van der Waals surface area contributed by atoms with Crippen LogP contribution in [0.3, 0.4) is 0 Å².